The van der Waals surface area contributed by atoms with Crippen LogP contribution in [0.4, 0.5) is 4.79 Å². The zero-order valence-corrected chi connectivity index (χ0v) is 9.30. The van der Waals surface area contributed by atoms with Gasteiger partial charge in [0.05, 0.1) is 11.6 Å². The monoisotopic (exact) mass is 231 g/mol. The minimum Gasteiger partial charge on any atom is -0.410 e. The molecule has 5 heteroatoms. The highest BCUT2D eigenvalue weighted by molar-refractivity contribution is 5.71. The van der Waals surface area contributed by atoms with Gasteiger partial charge >= 0.3 is 6.09 Å². The number of hydrogen-bond acceptors (Lipinski definition) is 4. The highest BCUT2D eigenvalue weighted by atomic mass is 16.6. The van der Waals surface area contributed by atoms with Gasteiger partial charge in [0.1, 0.15) is 5.75 Å². The fourth-order valence-corrected chi connectivity index (χ4v) is 1.75. The number of nitriles is 1. The molecule has 2 N–H and O–H groups in total. The van der Waals surface area contributed by atoms with Crippen LogP contribution in [0, 0.1) is 11.3 Å². The summed E-state index contributed by atoms with van der Waals surface area (Å²) in [5.41, 5.74) is 6.18. The quantitative estimate of drug-likeness (QED) is 0.784. The highest BCUT2D eigenvalue weighted by Crippen LogP contribution is 2.15. The van der Waals surface area contributed by atoms with Crippen LogP contribution in [-0.4, -0.2) is 30.1 Å². The van der Waals surface area contributed by atoms with Gasteiger partial charge in [0.15, 0.2) is 0 Å². The summed E-state index contributed by atoms with van der Waals surface area (Å²) in [4.78, 5) is 13.3. The molecular formula is C12H13N3O2. The van der Waals surface area contributed by atoms with Crippen LogP contribution in [0.15, 0.2) is 24.3 Å². The van der Waals surface area contributed by atoms with Crippen molar-refractivity contribution in [3.63, 3.8) is 0 Å². The van der Waals surface area contributed by atoms with Crippen LogP contribution < -0.4 is 10.5 Å². The fraction of sp³-hybridized carbons (Fsp3) is 0.333. The molecule has 1 aliphatic rings. The summed E-state index contributed by atoms with van der Waals surface area (Å²) in [6, 6.07) is 8.54. The molecule has 88 valence electrons. The average Bonchev–Trinajstić information content (AvgIpc) is 2.76. The lowest BCUT2D eigenvalue weighted by molar-refractivity contribution is 0.162. The van der Waals surface area contributed by atoms with Crippen LogP contribution in [0.5, 0.6) is 5.75 Å². The maximum atomic E-state index is 11.7. The Morgan fingerprint density at radius 2 is 2.41 bits per heavy atom. The van der Waals surface area contributed by atoms with Gasteiger partial charge in [-0.15, -0.1) is 0 Å². The van der Waals surface area contributed by atoms with Crippen LogP contribution in [0.2, 0.25) is 0 Å². The zero-order valence-electron chi connectivity index (χ0n) is 9.30. The van der Waals surface area contributed by atoms with Gasteiger partial charge in [0, 0.05) is 19.1 Å². The number of carbonyl (C=O) groups is 1. The van der Waals surface area contributed by atoms with E-state index < -0.39 is 6.09 Å². The number of likely N-dealkylation sites (tertiary alicyclic amines) is 1. The summed E-state index contributed by atoms with van der Waals surface area (Å²) in [6.45, 7) is 1.15. The molecule has 0 aromatic heterocycles. The number of amides is 1. The van der Waals surface area contributed by atoms with E-state index in [-0.39, 0.29) is 6.04 Å². The van der Waals surface area contributed by atoms with Crippen molar-refractivity contribution in [2.24, 2.45) is 5.73 Å². The molecule has 1 saturated heterocycles. The molecule has 1 aromatic rings. The largest absolute Gasteiger partial charge is 0.415 e. The Morgan fingerprint density at radius 1 is 1.59 bits per heavy atom. The molecule has 1 amide bonds. The van der Waals surface area contributed by atoms with E-state index in [1.54, 1.807) is 23.1 Å². The van der Waals surface area contributed by atoms with E-state index in [1.165, 1.54) is 6.07 Å². The first-order chi connectivity index (χ1) is 8.19. The topological polar surface area (TPSA) is 79.3 Å². The SMILES string of the molecule is N#Cc1cccc(OC(=O)N2CC[C@@H](N)C2)c1. The predicted octanol–water partition coefficient (Wildman–Crippen LogP) is 1.09. The number of benzene rings is 1. The number of nitrogens with two attached hydrogens (primary N) is 1. The second-order valence-corrected chi connectivity index (χ2v) is 4.00. The second-order valence-electron chi connectivity index (χ2n) is 4.00. The molecule has 0 saturated carbocycles. The standard InChI is InChI=1S/C12H13N3O2/c13-7-9-2-1-3-11(6-9)17-12(16)15-5-4-10(14)8-15/h1-3,6,10H,4-5,8,14H2/t10-/m1/s1. The van der Waals surface area contributed by atoms with E-state index in [9.17, 15) is 4.79 Å². The van der Waals surface area contributed by atoms with Gasteiger partial charge in [-0.3, -0.25) is 0 Å². The molecule has 1 aromatic carbocycles. The van der Waals surface area contributed by atoms with E-state index in [0.717, 1.165) is 6.42 Å². The summed E-state index contributed by atoms with van der Waals surface area (Å²) in [6.07, 6.45) is 0.390. The summed E-state index contributed by atoms with van der Waals surface area (Å²) in [7, 11) is 0. The van der Waals surface area contributed by atoms with Crippen molar-refractivity contribution in [2.75, 3.05) is 13.1 Å². The summed E-state index contributed by atoms with van der Waals surface area (Å²) in [5.74, 6) is 0.384. The Labute approximate surface area is 99.4 Å². The molecule has 1 fully saturated rings. The van der Waals surface area contributed by atoms with Crippen molar-refractivity contribution in [3.05, 3.63) is 29.8 Å². The van der Waals surface area contributed by atoms with Gasteiger partial charge in [0.2, 0.25) is 0 Å². The smallest absolute Gasteiger partial charge is 0.410 e. The van der Waals surface area contributed by atoms with Crippen molar-refractivity contribution in [3.8, 4) is 11.8 Å². The number of hydrogen-bond donors (Lipinski definition) is 1. The van der Waals surface area contributed by atoms with Gasteiger partial charge in [-0.2, -0.15) is 5.26 Å². The third kappa shape index (κ3) is 2.74. The van der Waals surface area contributed by atoms with E-state index in [4.69, 9.17) is 15.7 Å². The van der Waals surface area contributed by atoms with Crippen LogP contribution in [0.3, 0.4) is 0 Å². The van der Waals surface area contributed by atoms with E-state index in [0.29, 0.717) is 24.4 Å². The molecule has 0 radical (unpaired) electrons. The third-order valence-corrected chi connectivity index (χ3v) is 2.65. The van der Waals surface area contributed by atoms with Gasteiger partial charge < -0.3 is 15.4 Å². The second kappa shape index (κ2) is 4.85. The highest BCUT2D eigenvalue weighted by Gasteiger charge is 2.25. The van der Waals surface area contributed by atoms with Crippen LogP contribution in [-0.2, 0) is 0 Å². The first kappa shape index (κ1) is 11.4. The summed E-state index contributed by atoms with van der Waals surface area (Å²) < 4.78 is 5.17. The van der Waals surface area contributed by atoms with E-state index in [2.05, 4.69) is 0 Å². The van der Waals surface area contributed by atoms with Crippen molar-refractivity contribution < 1.29 is 9.53 Å². The van der Waals surface area contributed by atoms with Crippen LogP contribution >= 0.6 is 0 Å². The molecule has 0 unspecified atom stereocenters. The summed E-state index contributed by atoms with van der Waals surface area (Å²) in [5, 5.41) is 8.72. The number of nitrogens with zero attached hydrogens (tertiary/aromatic N) is 2. The van der Waals surface area contributed by atoms with Crippen molar-refractivity contribution in [2.45, 2.75) is 12.5 Å². The van der Waals surface area contributed by atoms with E-state index in [1.807, 2.05) is 6.07 Å². The molecule has 0 bridgehead atoms. The lowest BCUT2D eigenvalue weighted by Gasteiger charge is -2.15. The molecule has 17 heavy (non-hydrogen) atoms. The maximum Gasteiger partial charge on any atom is 0.415 e. The molecule has 1 atom stereocenters. The zero-order chi connectivity index (χ0) is 12.3. The third-order valence-electron chi connectivity index (χ3n) is 2.65. The van der Waals surface area contributed by atoms with Gasteiger partial charge in [-0.1, -0.05) is 6.07 Å². The molecule has 1 aliphatic heterocycles. The lowest BCUT2D eigenvalue weighted by atomic mass is 10.2. The minimum absolute atomic E-state index is 0.0352. The number of carbonyl (C=O) groups excluding carboxylic acids is 1. The Kier molecular flexibility index (Phi) is 3.26. The van der Waals surface area contributed by atoms with Gasteiger partial charge in [-0.25, -0.2) is 4.79 Å². The average molecular weight is 231 g/mol. The molecule has 0 aliphatic carbocycles. The predicted molar refractivity (Wildman–Crippen MR) is 61.3 cm³/mol. The number of rotatable bonds is 1. The molecular weight excluding hydrogens is 218 g/mol. The normalized spacial score (nSPS) is 18.8. The fourth-order valence-electron chi connectivity index (χ4n) is 1.75. The van der Waals surface area contributed by atoms with Crippen LogP contribution in [0.1, 0.15) is 12.0 Å². The van der Waals surface area contributed by atoms with Crippen molar-refractivity contribution >= 4 is 6.09 Å². The minimum atomic E-state index is -0.409. The Morgan fingerprint density at radius 3 is 3.06 bits per heavy atom. The lowest BCUT2D eigenvalue weighted by Crippen LogP contribution is -2.33. The Hall–Kier alpha value is -2.06. The molecule has 5 nitrogen and oxygen atoms in total. The maximum absolute atomic E-state index is 11.7. The van der Waals surface area contributed by atoms with Crippen LogP contribution in [0.25, 0.3) is 0 Å². The summed E-state index contributed by atoms with van der Waals surface area (Å²) >= 11 is 0. The molecule has 0 spiro atoms. The van der Waals surface area contributed by atoms with Crippen molar-refractivity contribution in [1.29, 1.82) is 5.26 Å². The molecule has 1 heterocycles. The Bertz CT molecular complexity index is 467. The van der Waals surface area contributed by atoms with Crippen molar-refractivity contribution in [1.82, 2.24) is 4.90 Å². The first-order valence-electron chi connectivity index (χ1n) is 5.41. The Balaban J connectivity index is 2.01. The van der Waals surface area contributed by atoms with E-state index >= 15 is 0 Å². The first-order valence-corrected chi connectivity index (χ1v) is 5.41. The molecule has 2 rings (SSSR count). The van der Waals surface area contributed by atoms with Gasteiger partial charge in [-0.05, 0) is 24.6 Å². The number of ether oxygens (including phenoxy) is 1. The van der Waals surface area contributed by atoms with Gasteiger partial charge in [0.25, 0.3) is 0 Å².